The van der Waals surface area contributed by atoms with Crippen LogP contribution < -0.4 is 4.72 Å². The molecule has 0 aromatic carbocycles. The van der Waals surface area contributed by atoms with Crippen molar-refractivity contribution in [2.45, 2.75) is 38.6 Å². The highest BCUT2D eigenvalue weighted by atomic mass is 32.2. The minimum Gasteiger partial charge on any atom is -0.477 e. The van der Waals surface area contributed by atoms with Crippen molar-refractivity contribution in [3.8, 4) is 0 Å². The van der Waals surface area contributed by atoms with Crippen LogP contribution in [0.2, 0.25) is 0 Å². The van der Waals surface area contributed by atoms with Gasteiger partial charge >= 0.3 is 5.97 Å². The Morgan fingerprint density at radius 1 is 1.32 bits per heavy atom. The van der Waals surface area contributed by atoms with Crippen molar-refractivity contribution in [3.05, 3.63) is 16.3 Å². The van der Waals surface area contributed by atoms with E-state index in [0.29, 0.717) is 0 Å². The average molecular weight is 303 g/mol. The smallest absolute Gasteiger partial charge is 0.345 e. The Kier molecular flexibility index (Phi) is 3.08. The maximum absolute atomic E-state index is 12.2. The fraction of sp³-hybridized carbons (Fsp3) is 0.583. The SMILES string of the molecule is CC1(C)C(NS(=O)(=O)c2csc(C(=O)O)c2)C1(C)C. The van der Waals surface area contributed by atoms with E-state index < -0.39 is 16.0 Å². The number of carboxylic acids is 1. The molecule has 0 spiro atoms. The number of thiophene rings is 1. The first-order chi connectivity index (χ1) is 8.50. The lowest BCUT2D eigenvalue weighted by atomic mass is 10.0. The van der Waals surface area contributed by atoms with Gasteiger partial charge in [-0.3, -0.25) is 0 Å². The van der Waals surface area contributed by atoms with E-state index in [1.54, 1.807) is 0 Å². The molecule has 1 heterocycles. The van der Waals surface area contributed by atoms with Gasteiger partial charge in [0.05, 0.1) is 4.90 Å². The molecule has 1 aliphatic carbocycles. The molecule has 0 aliphatic heterocycles. The Balaban J connectivity index is 2.23. The summed E-state index contributed by atoms with van der Waals surface area (Å²) in [4.78, 5) is 10.8. The predicted molar refractivity (Wildman–Crippen MR) is 72.9 cm³/mol. The molecule has 0 bridgehead atoms. The number of carboxylic acid groups (broad SMARTS) is 1. The molecular weight excluding hydrogens is 286 g/mol. The first kappa shape index (κ1) is 14.5. The molecule has 1 aliphatic rings. The zero-order chi connectivity index (χ0) is 14.6. The Labute approximate surface area is 116 Å². The van der Waals surface area contributed by atoms with E-state index in [1.807, 2.05) is 27.7 Å². The van der Waals surface area contributed by atoms with Gasteiger partial charge in [0.1, 0.15) is 4.88 Å². The lowest BCUT2D eigenvalue weighted by Gasteiger charge is -2.06. The molecule has 1 aromatic rings. The van der Waals surface area contributed by atoms with E-state index >= 15 is 0 Å². The zero-order valence-electron chi connectivity index (χ0n) is 11.2. The molecule has 1 saturated carbocycles. The second kappa shape index (κ2) is 4.04. The molecule has 0 unspecified atom stereocenters. The second-order valence-electron chi connectivity index (χ2n) is 5.95. The van der Waals surface area contributed by atoms with E-state index in [2.05, 4.69) is 4.72 Å². The van der Waals surface area contributed by atoms with E-state index in [-0.39, 0.29) is 26.6 Å². The number of aromatic carboxylic acids is 1. The lowest BCUT2D eigenvalue weighted by Crippen LogP contribution is -2.29. The van der Waals surface area contributed by atoms with E-state index in [4.69, 9.17) is 5.11 Å². The third-order valence-corrected chi connectivity index (χ3v) is 6.86. The van der Waals surface area contributed by atoms with Gasteiger partial charge < -0.3 is 5.11 Å². The lowest BCUT2D eigenvalue weighted by molar-refractivity contribution is 0.0702. The summed E-state index contributed by atoms with van der Waals surface area (Å²) in [6.45, 7) is 8.04. The van der Waals surface area contributed by atoms with Crippen LogP contribution in [-0.2, 0) is 10.0 Å². The van der Waals surface area contributed by atoms with Crippen LogP contribution in [0.1, 0.15) is 37.4 Å². The van der Waals surface area contributed by atoms with Crippen LogP contribution in [0.4, 0.5) is 0 Å². The molecule has 1 fully saturated rings. The number of nitrogens with one attached hydrogen (secondary N) is 1. The Bertz CT molecular complexity index is 614. The molecule has 0 saturated heterocycles. The van der Waals surface area contributed by atoms with Crippen LogP contribution in [0.3, 0.4) is 0 Å². The summed E-state index contributed by atoms with van der Waals surface area (Å²) in [6.07, 6.45) is 0. The third kappa shape index (κ3) is 2.19. The fourth-order valence-corrected chi connectivity index (χ4v) is 4.93. The number of rotatable bonds is 4. The van der Waals surface area contributed by atoms with Gasteiger partial charge in [0.15, 0.2) is 0 Å². The summed E-state index contributed by atoms with van der Waals surface area (Å²) in [5, 5.41) is 10.2. The van der Waals surface area contributed by atoms with E-state index in [9.17, 15) is 13.2 Å². The first-order valence-electron chi connectivity index (χ1n) is 5.84. The maximum atomic E-state index is 12.2. The number of carbonyl (C=O) groups is 1. The van der Waals surface area contributed by atoms with Gasteiger partial charge in [-0.05, 0) is 16.9 Å². The van der Waals surface area contributed by atoms with Crippen LogP contribution in [0, 0.1) is 10.8 Å². The van der Waals surface area contributed by atoms with Gasteiger partial charge in [-0.2, -0.15) is 0 Å². The zero-order valence-corrected chi connectivity index (χ0v) is 12.9. The van der Waals surface area contributed by atoms with Gasteiger partial charge in [0, 0.05) is 11.4 Å². The Morgan fingerprint density at radius 3 is 2.21 bits per heavy atom. The summed E-state index contributed by atoms with van der Waals surface area (Å²) in [5.74, 6) is -1.11. The minimum absolute atomic E-state index is 0.0217. The normalized spacial score (nSPS) is 21.3. The van der Waals surface area contributed by atoms with Gasteiger partial charge in [0.2, 0.25) is 10.0 Å². The highest BCUT2D eigenvalue weighted by Gasteiger charge is 2.66. The van der Waals surface area contributed by atoms with Gasteiger partial charge in [-0.15, -0.1) is 11.3 Å². The highest BCUT2D eigenvalue weighted by molar-refractivity contribution is 7.89. The van der Waals surface area contributed by atoms with Crippen molar-refractivity contribution in [2.24, 2.45) is 10.8 Å². The minimum atomic E-state index is -3.65. The maximum Gasteiger partial charge on any atom is 0.345 e. The number of hydrogen-bond donors (Lipinski definition) is 2. The van der Waals surface area contributed by atoms with Crippen molar-refractivity contribution in [1.29, 1.82) is 0 Å². The molecule has 1 aromatic heterocycles. The molecule has 0 radical (unpaired) electrons. The molecule has 19 heavy (non-hydrogen) atoms. The standard InChI is InChI=1S/C12H17NO4S2/c1-11(2)10(12(11,3)4)13-19(16,17)7-5-8(9(14)15)18-6-7/h5-6,10,13H,1-4H3,(H,14,15). The van der Waals surface area contributed by atoms with Crippen molar-refractivity contribution in [2.75, 3.05) is 0 Å². The molecule has 7 heteroatoms. The van der Waals surface area contributed by atoms with E-state index in [1.165, 1.54) is 11.4 Å². The third-order valence-electron chi connectivity index (χ3n) is 4.39. The van der Waals surface area contributed by atoms with Crippen molar-refractivity contribution in [1.82, 2.24) is 4.72 Å². The molecule has 2 rings (SSSR count). The Hall–Kier alpha value is -0.920. The summed E-state index contributed by atoms with van der Waals surface area (Å²) in [5.41, 5.74) is -0.211. The van der Waals surface area contributed by atoms with Gasteiger partial charge in [-0.25, -0.2) is 17.9 Å². The molecular formula is C12H17NO4S2. The Morgan fingerprint density at radius 2 is 1.84 bits per heavy atom. The second-order valence-corrected chi connectivity index (χ2v) is 8.57. The van der Waals surface area contributed by atoms with Crippen LogP contribution >= 0.6 is 11.3 Å². The quantitative estimate of drug-likeness (QED) is 0.893. The summed E-state index contributed by atoms with van der Waals surface area (Å²) >= 11 is 0.913. The van der Waals surface area contributed by atoms with Crippen LogP contribution in [0.25, 0.3) is 0 Å². The van der Waals surface area contributed by atoms with Gasteiger partial charge in [-0.1, -0.05) is 27.7 Å². The van der Waals surface area contributed by atoms with Crippen molar-refractivity contribution in [3.63, 3.8) is 0 Å². The van der Waals surface area contributed by atoms with Crippen molar-refractivity contribution < 1.29 is 18.3 Å². The number of hydrogen-bond acceptors (Lipinski definition) is 4. The van der Waals surface area contributed by atoms with Gasteiger partial charge in [0.25, 0.3) is 0 Å². The average Bonchev–Trinajstić information content (AvgIpc) is 2.71. The molecule has 5 nitrogen and oxygen atoms in total. The predicted octanol–water partition coefficient (Wildman–Crippen LogP) is 2.16. The monoisotopic (exact) mass is 303 g/mol. The molecule has 2 N–H and O–H groups in total. The van der Waals surface area contributed by atoms with Crippen LogP contribution in [0.15, 0.2) is 16.3 Å². The molecule has 0 amide bonds. The topological polar surface area (TPSA) is 83.5 Å². The van der Waals surface area contributed by atoms with Crippen molar-refractivity contribution >= 4 is 27.3 Å². The summed E-state index contributed by atoms with van der Waals surface area (Å²) < 4.78 is 27.1. The summed E-state index contributed by atoms with van der Waals surface area (Å²) in [7, 11) is -3.65. The summed E-state index contributed by atoms with van der Waals surface area (Å²) in [6, 6.07) is 1.05. The van der Waals surface area contributed by atoms with Crippen LogP contribution in [-0.4, -0.2) is 25.5 Å². The number of sulfonamides is 1. The fourth-order valence-electron chi connectivity index (χ4n) is 2.29. The molecule has 0 atom stereocenters. The highest BCUT2D eigenvalue weighted by Crippen LogP contribution is 2.62. The first-order valence-corrected chi connectivity index (χ1v) is 8.20. The molecule has 106 valence electrons. The van der Waals surface area contributed by atoms with Crippen LogP contribution in [0.5, 0.6) is 0 Å². The largest absolute Gasteiger partial charge is 0.477 e. The van der Waals surface area contributed by atoms with E-state index in [0.717, 1.165) is 11.3 Å².